The Kier molecular flexibility index (Phi) is 8.07. The van der Waals surface area contributed by atoms with Gasteiger partial charge in [0.25, 0.3) is 0 Å². The molecule has 0 bridgehead atoms. The molecule has 4 atom stereocenters. The van der Waals surface area contributed by atoms with Crippen LogP contribution in [0.4, 0.5) is 0 Å². The van der Waals surface area contributed by atoms with Crippen molar-refractivity contribution in [1.82, 2.24) is 0 Å². The molecule has 1 aliphatic heterocycles. The van der Waals surface area contributed by atoms with E-state index in [4.69, 9.17) is 9.47 Å². The Morgan fingerprint density at radius 2 is 2.00 bits per heavy atom. The minimum Gasteiger partial charge on any atom is -0.452 e. The average Bonchev–Trinajstić information content (AvgIpc) is 3.28. The first kappa shape index (κ1) is 23.6. The molecular weight excluding hydrogens is 364 g/mol. The lowest BCUT2D eigenvalue weighted by Crippen LogP contribution is -2.32. The second-order valence-corrected chi connectivity index (χ2v) is 9.47. The van der Waals surface area contributed by atoms with Gasteiger partial charge in [0.05, 0.1) is 12.7 Å². The summed E-state index contributed by atoms with van der Waals surface area (Å²) in [6.07, 6.45) is 14.2. The van der Waals surface area contributed by atoms with E-state index < -0.39 is 11.7 Å². The maximum Gasteiger partial charge on any atom is 0.331 e. The molecule has 0 spiro atoms. The highest BCUT2D eigenvalue weighted by Gasteiger charge is 2.58. The molecule has 1 unspecified atom stereocenters. The van der Waals surface area contributed by atoms with Crippen molar-refractivity contribution in [3.8, 4) is 0 Å². The van der Waals surface area contributed by atoms with E-state index in [1.807, 2.05) is 26.8 Å². The number of rotatable bonds is 6. The smallest absolute Gasteiger partial charge is 0.331 e. The number of epoxide rings is 1. The van der Waals surface area contributed by atoms with Gasteiger partial charge in [-0.25, -0.2) is 4.79 Å². The van der Waals surface area contributed by atoms with Gasteiger partial charge in [0.1, 0.15) is 5.60 Å². The number of aliphatic hydroxyl groups is 1. The maximum absolute atomic E-state index is 12.3. The molecule has 4 heteroatoms. The molecule has 1 saturated heterocycles. The van der Waals surface area contributed by atoms with Gasteiger partial charge >= 0.3 is 5.97 Å². The second-order valence-electron chi connectivity index (χ2n) is 9.47. The van der Waals surface area contributed by atoms with E-state index in [0.29, 0.717) is 0 Å². The summed E-state index contributed by atoms with van der Waals surface area (Å²) in [5.74, 6) is -0.328. The van der Waals surface area contributed by atoms with E-state index >= 15 is 0 Å². The number of fused-ring (bicyclic) bond motifs is 1. The number of allylic oxidation sites excluding steroid dienone is 5. The molecule has 0 aromatic rings. The summed E-state index contributed by atoms with van der Waals surface area (Å²) in [6.45, 7) is 12.3. The number of hydrogen-bond donors (Lipinski definition) is 1. The van der Waals surface area contributed by atoms with Crippen LogP contribution in [0.15, 0.2) is 47.1 Å². The Balaban J connectivity index is 2.30. The third-order valence-corrected chi connectivity index (χ3v) is 5.92. The third-order valence-electron chi connectivity index (χ3n) is 5.92. The molecule has 0 amide bonds. The van der Waals surface area contributed by atoms with Crippen LogP contribution < -0.4 is 0 Å². The highest BCUT2D eigenvalue weighted by atomic mass is 16.6. The van der Waals surface area contributed by atoms with Crippen molar-refractivity contribution in [2.75, 3.05) is 6.61 Å². The third kappa shape index (κ3) is 6.97. The molecule has 1 aliphatic carbocycles. The molecule has 4 nitrogen and oxygen atoms in total. The summed E-state index contributed by atoms with van der Waals surface area (Å²) in [5.41, 5.74) is 2.70. The van der Waals surface area contributed by atoms with Gasteiger partial charge in [-0.05, 0) is 83.8 Å². The van der Waals surface area contributed by atoms with Crippen LogP contribution in [0.2, 0.25) is 0 Å². The lowest BCUT2D eigenvalue weighted by Gasteiger charge is -2.26. The largest absolute Gasteiger partial charge is 0.452 e. The monoisotopic (exact) mass is 402 g/mol. The van der Waals surface area contributed by atoms with Crippen molar-refractivity contribution >= 4 is 5.97 Å². The van der Waals surface area contributed by atoms with Gasteiger partial charge in [0.15, 0.2) is 6.10 Å². The Hall–Kier alpha value is -1.65. The fourth-order valence-corrected chi connectivity index (χ4v) is 3.81. The standard InChI is InChI=1S/C25H38O4/c1-18(2)8-7-13-24(5)14-11-20(17-26)9-10-22-25(6,29-22)21(12-15-24)28-23(27)16-19(3)4/h8,11-12,15-16,21-22,26H,7,9-10,13-14,17H2,1-6H3/b15-12-,20-11+/t21?,22-,24+,25+/m1/s1. The summed E-state index contributed by atoms with van der Waals surface area (Å²) in [4.78, 5) is 12.3. The zero-order valence-corrected chi connectivity index (χ0v) is 19.0. The van der Waals surface area contributed by atoms with E-state index in [1.165, 1.54) is 11.6 Å². The predicted octanol–water partition coefficient (Wildman–Crippen LogP) is 5.43. The number of carbonyl (C=O) groups is 1. The van der Waals surface area contributed by atoms with Crippen LogP contribution in [0.25, 0.3) is 0 Å². The zero-order valence-electron chi connectivity index (χ0n) is 19.0. The van der Waals surface area contributed by atoms with Crippen LogP contribution in [0.3, 0.4) is 0 Å². The number of carbonyl (C=O) groups excluding carboxylic acids is 1. The first-order chi connectivity index (χ1) is 13.6. The lowest BCUT2D eigenvalue weighted by molar-refractivity contribution is -0.143. The number of esters is 1. The zero-order chi connectivity index (χ0) is 21.7. The topological polar surface area (TPSA) is 59.1 Å². The van der Waals surface area contributed by atoms with Gasteiger partial charge in [-0.1, -0.05) is 36.3 Å². The van der Waals surface area contributed by atoms with Gasteiger partial charge in [0.2, 0.25) is 0 Å². The van der Waals surface area contributed by atoms with Gasteiger partial charge in [0, 0.05) is 6.08 Å². The van der Waals surface area contributed by atoms with Crippen LogP contribution in [0.1, 0.15) is 73.6 Å². The van der Waals surface area contributed by atoms with Crippen molar-refractivity contribution in [3.05, 3.63) is 47.1 Å². The highest BCUT2D eigenvalue weighted by Crippen LogP contribution is 2.45. The molecule has 0 saturated carbocycles. The van der Waals surface area contributed by atoms with E-state index in [0.717, 1.165) is 43.3 Å². The van der Waals surface area contributed by atoms with E-state index in [2.05, 4.69) is 39.0 Å². The molecule has 2 aliphatic rings. The molecule has 162 valence electrons. The van der Waals surface area contributed by atoms with Crippen LogP contribution >= 0.6 is 0 Å². The number of hydrogen-bond acceptors (Lipinski definition) is 4. The predicted molar refractivity (Wildman–Crippen MR) is 118 cm³/mol. The van der Waals surface area contributed by atoms with Crippen molar-refractivity contribution in [2.24, 2.45) is 5.41 Å². The Labute approximate surface area is 176 Å². The van der Waals surface area contributed by atoms with Crippen molar-refractivity contribution in [3.63, 3.8) is 0 Å². The minimum absolute atomic E-state index is 0.0293. The highest BCUT2D eigenvalue weighted by molar-refractivity contribution is 5.83. The van der Waals surface area contributed by atoms with E-state index in [-0.39, 0.29) is 24.1 Å². The maximum atomic E-state index is 12.3. The fourth-order valence-electron chi connectivity index (χ4n) is 3.81. The minimum atomic E-state index is -0.507. The second kappa shape index (κ2) is 9.90. The molecule has 0 radical (unpaired) electrons. The van der Waals surface area contributed by atoms with Gasteiger partial charge in [-0.2, -0.15) is 0 Å². The quantitative estimate of drug-likeness (QED) is 0.278. The summed E-state index contributed by atoms with van der Waals surface area (Å²) in [6, 6.07) is 0. The fraction of sp³-hybridized carbons (Fsp3) is 0.640. The summed E-state index contributed by atoms with van der Waals surface area (Å²) >= 11 is 0. The Bertz CT molecular complexity index is 706. The number of aliphatic hydroxyl groups excluding tert-OH is 1. The van der Waals surface area contributed by atoms with Crippen LogP contribution in [0, 0.1) is 5.41 Å². The molecule has 29 heavy (non-hydrogen) atoms. The Morgan fingerprint density at radius 3 is 2.62 bits per heavy atom. The van der Waals surface area contributed by atoms with Crippen molar-refractivity contribution in [1.29, 1.82) is 0 Å². The van der Waals surface area contributed by atoms with Gasteiger partial charge < -0.3 is 14.6 Å². The summed E-state index contributed by atoms with van der Waals surface area (Å²) in [5, 5.41) is 9.77. The van der Waals surface area contributed by atoms with Crippen LogP contribution in [-0.2, 0) is 14.3 Å². The normalized spacial score (nSPS) is 34.5. The molecule has 2 rings (SSSR count). The lowest BCUT2D eigenvalue weighted by atomic mass is 9.80. The summed E-state index contributed by atoms with van der Waals surface area (Å²) in [7, 11) is 0. The van der Waals surface area contributed by atoms with E-state index in [1.54, 1.807) is 0 Å². The SMILES string of the molecule is CC(C)=CCC[C@]1(C)/C=C\C(OC(=O)C=C(C)C)[C@]2(C)O[C@@H]2CC/C(CO)=C\C1. The first-order valence-corrected chi connectivity index (χ1v) is 10.7. The van der Waals surface area contributed by atoms with Crippen LogP contribution in [0.5, 0.6) is 0 Å². The van der Waals surface area contributed by atoms with Crippen molar-refractivity contribution < 1.29 is 19.4 Å². The Morgan fingerprint density at radius 1 is 1.28 bits per heavy atom. The molecular formula is C25H38O4. The molecule has 0 aromatic heterocycles. The molecule has 1 fully saturated rings. The number of ether oxygens (including phenoxy) is 2. The van der Waals surface area contributed by atoms with Gasteiger partial charge in [-0.3, -0.25) is 0 Å². The van der Waals surface area contributed by atoms with Crippen molar-refractivity contribution in [2.45, 2.75) is 91.5 Å². The molecule has 1 heterocycles. The van der Waals surface area contributed by atoms with E-state index in [9.17, 15) is 9.90 Å². The molecule has 0 aromatic carbocycles. The van der Waals surface area contributed by atoms with Gasteiger partial charge in [-0.15, -0.1) is 0 Å². The first-order valence-electron chi connectivity index (χ1n) is 10.7. The van der Waals surface area contributed by atoms with Crippen LogP contribution in [-0.4, -0.2) is 35.5 Å². The average molecular weight is 403 g/mol. The molecule has 1 N–H and O–H groups in total. The summed E-state index contributed by atoms with van der Waals surface area (Å²) < 4.78 is 11.8.